The number of ether oxygens (including phenoxy) is 2. The van der Waals surface area contributed by atoms with Crippen LogP contribution in [0.3, 0.4) is 0 Å². The quantitative estimate of drug-likeness (QED) is 0.488. The Bertz CT molecular complexity index is 140. The zero-order chi connectivity index (χ0) is 9.14. The number of aliphatic hydroxyl groups excluding tert-OH is 3. The number of hydrogen-bond donors (Lipinski definition) is 3. The Morgan fingerprint density at radius 2 is 2.08 bits per heavy atom. The lowest BCUT2D eigenvalue weighted by atomic mass is 10.1. The van der Waals surface area contributed by atoms with Crippen molar-refractivity contribution in [1.29, 1.82) is 0 Å². The Hall–Kier alpha value is -0.200. The number of aliphatic hydroxyl groups is 3. The smallest absolute Gasteiger partial charge is 0.183 e. The van der Waals surface area contributed by atoms with Gasteiger partial charge in [-0.15, -0.1) is 0 Å². The number of hydrogen-bond acceptors (Lipinski definition) is 5. The maximum absolute atomic E-state index is 9.27. The van der Waals surface area contributed by atoms with Crippen molar-refractivity contribution in [1.82, 2.24) is 0 Å². The van der Waals surface area contributed by atoms with Gasteiger partial charge in [-0.3, -0.25) is 0 Å². The first-order valence-electron chi connectivity index (χ1n) is 3.86. The fraction of sp³-hybridized carbons (Fsp3) is 1.00. The first kappa shape index (κ1) is 9.88. The van der Waals surface area contributed by atoms with Crippen LogP contribution in [0, 0.1) is 0 Å². The Balaban J connectivity index is 2.52. The van der Waals surface area contributed by atoms with Gasteiger partial charge in [-0.25, -0.2) is 0 Å². The molecule has 0 aromatic carbocycles. The van der Waals surface area contributed by atoms with Crippen LogP contribution in [0.5, 0.6) is 0 Å². The SMILES string of the molecule is CO[C@H]1[C@@H](O)[C@@H](O)O[C@@H]1CCO. The summed E-state index contributed by atoms with van der Waals surface area (Å²) in [5, 5.41) is 26.9. The van der Waals surface area contributed by atoms with Gasteiger partial charge in [0.25, 0.3) is 0 Å². The number of methoxy groups -OCH3 is 1. The summed E-state index contributed by atoms with van der Waals surface area (Å²) in [6.45, 7) is -0.0516. The van der Waals surface area contributed by atoms with E-state index in [-0.39, 0.29) is 6.61 Å². The summed E-state index contributed by atoms with van der Waals surface area (Å²) < 4.78 is 9.85. The molecule has 1 fully saturated rings. The predicted octanol–water partition coefficient (Wildman–Crippen LogP) is -1.54. The van der Waals surface area contributed by atoms with Crippen molar-refractivity contribution in [2.24, 2.45) is 0 Å². The van der Waals surface area contributed by atoms with Gasteiger partial charge in [0, 0.05) is 13.7 Å². The summed E-state index contributed by atoms with van der Waals surface area (Å²) >= 11 is 0. The minimum absolute atomic E-state index is 0.0516. The second-order valence-electron chi connectivity index (χ2n) is 2.77. The van der Waals surface area contributed by atoms with Gasteiger partial charge in [0.2, 0.25) is 0 Å². The molecule has 1 saturated heterocycles. The molecule has 0 unspecified atom stereocenters. The molecular formula is C7H14O5. The monoisotopic (exact) mass is 178 g/mol. The molecule has 12 heavy (non-hydrogen) atoms. The average Bonchev–Trinajstić information content (AvgIpc) is 2.29. The molecule has 1 heterocycles. The molecule has 0 radical (unpaired) electrons. The molecule has 0 amide bonds. The lowest BCUT2D eigenvalue weighted by molar-refractivity contribution is -0.129. The van der Waals surface area contributed by atoms with Crippen molar-refractivity contribution in [3.8, 4) is 0 Å². The Kier molecular flexibility index (Phi) is 3.42. The highest BCUT2D eigenvalue weighted by atomic mass is 16.7. The Labute approximate surface area is 70.5 Å². The maximum Gasteiger partial charge on any atom is 0.183 e. The summed E-state index contributed by atoms with van der Waals surface area (Å²) in [7, 11) is 1.43. The summed E-state index contributed by atoms with van der Waals surface area (Å²) in [4.78, 5) is 0. The van der Waals surface area contributed by atoms with Crippen LogP contribution < -0.4 is 0 Å². The van der Waals surface area contributed by atoms with Crippen LogP contribution in [0.15, 0.2) is 0 Å². The van der Waals surface area contributed by atoms with Gasteiger partial charge < -0.3 is 24.8 Å². The lowest BCUT2D eigenvalue weighted by Gasteiger charge is -2.16. The van der Waals surface area contributed by atoms with E-state index in [1.807, 2.05) is 0 Å². The normalized spacial score (nSPS) is 42.0. The summed E-state index contributed by atoms with van der Waals surface area (Å²) in [6, 6.07) is 0. The topological polar surface area (TPSA) is 79.2 Å². The molecule has 3 N–H and O–H groups in total. The van der Waals surface area contributed by atoms with Gasteiger partial charge in [-0.1, -0.05) is 0 Å². The zero-order valence-electron chi connectivity index (χ0n) is 6.88. The third-order valence-corrected chi connectivity index (χ3v) is 2.00. The van der Waals surface area contributed by atoms with Crippen LogP contribution in [0.4, 0.5) is 0 Å². The molecule has 0 aliphatic carbocycles. The van der Waals surface area contributed by atoms with E-state index in [1.54, 1.807) is 0 Å². The Morgan fingerprint density at radius 3 is 2.58 bits per heavy atom. The summed E-state index contributed by atoms with van der Waals surface area (Å²) in [5.74, 6) is 0. The average molecular weight is 178 g/mol. The van der Waals surface area contributed by atoms with Gasteiger partial charge in [-0.2, -0.15) is 0 Å². The van der Waals surface area contributed by atoms with E-state index in [9.17, 15) is 5.11 Å². The minimum Gasteiger partial charge on any atom is -0.396 e. The molecule has 5 heteroatoms. The molecule has 1 aliphatic rings. The highest BCUT2D eigenvalue weighted by molar-refractivity contribution is 4.86. The second-order valence-corrected chi connectivity index (χ2v) is 2.77. The van der Waals surface area contributed by atoms with E-state index in [0.29, 0.717) is 6.42 Å². The number of rotatable bonds is 3. The van der Waals surface area contributed by atoms with Crippen molar-refractivity contribution in [2.75, 3.05) is 13.7 Å². The van der Waals surface area contributed by atoms with Crippen LogP contribution in [0.25, 0.3) is 0 Å². The third kappa shape index (κ3) is 1.75. The predicted molar refractivity (Wildman–Crippen MR) is 39.4 cm³/mol. The molecule has 1 rings (SSSR count). The zero-order valence-corrected chi connectivity index (χ0v) is 6.88. The van der Waals surface area contributed by atoms with Crippen LogP contribution >= 0.6 is 0 Å². The Morgan fingerprint density at radius 1 is 1.42 bits per heavy atom. The van der Waals surface area contributed by atoms with Crippen LogP contribution in [0.1, 0.15) is 6.42 Å². The van der Waals surface area contributed by atoms with Crippen molar-refractivity contribution < 1.29 is 24.8 Å². The minimum atomic E-state index is -1.20. The van der Waals surface area contributed by atoms with Crippen LogP contribution in [-0.2, 0) is 9.47 Å². The highest BCUT2D eigenvalue weighted by Crippen LogP contribution is 2.23. The molecule has 0 aromatic rings. The highest BCUT2D eigenvalue weighted by Gasteiger charge is 2.42. The standard InChI is InChI=1S/C7H14O5/c1-11-6-4(2-3-8)12-7(10)5(6)9/h4-10H,2-3H2,1H3/t4-,5-,6-,7+/m1/s1. The molecule has 0 spiro atoms. The van der Waals surface area contributed by atoms with Crippen molar-refractivity contribution in [3.05, 3.63) is 0 Å². The molecule has 5 nitrogen and oxygen atoms in total. The van der Waals surface area contributed by atoms with Crippen LogP contribution in [-0.4, -0.2) is 53.6 Å². The first-order chi connectivity index (χ1) is 5.70. The van der Waals surface area contributed by atoms with Gasteiger partial charge in [0.1, 0.15) is 12.2 Å². The molecule has 0 saturated carbocycles. The van der Waals surface area contributed by atoms with Crippen molar-refractivity contribution in [2.45, 2.75) is 31.0 Å². The molecular weight excluding hydrogens is 164 g/mol. The molecule has 72 valence electrons. The first-order valence-corrected chi connectivity index (χ1v) is 3.86. The van der Waals surface area contributed by atoms with Gasteiger partial charge in [-0.05, 0) is 6.42 Å². The fourth-order valence-electron chi connectivity index (χ4n) is 1.37. The van der Waals surface area contributed by atoms with Crippen molar-refractivity contribution >= 4 is 0 Å². The molecule has 4 atom stereocenters. The lowest BCUT2D eigenvalue weighted by Crippen LogP contribution is -2.34. The summed E-state index contributed by atoms with van der Waals surface area (Å²) in [5.41, 5.74) is 0. The van der Waals surface area contributed by atoms with E-state index in [1.165, 1.54) is 7.11 Å². The largest absolute Gasteiger partial charge is 0.396 e. The van der Waals surface area contributed by atoms with E-state index >= 15 is 0 Å². The molecule has 1 aliphatic heterocycles. The molecule has 0 bridgehead atoms. The van der Waals surface area contributed by atoms with Gasteiger partial charge >= 0.3 is 0 Å². The fourth-order valence-corrected chi connectivity index (χ4v) is 1.37. The van der Waals surface area contributed by atoms with Gasteiger partial charge in [0.05, 0.1) is 6.10 Å². The molecule has 0 aromatic heterocycles. The van der Waals surface area contributed by atoms with E-state index in [2.05, 4.69) is 0 Å². The second kappa shape index (κ2) is 4.15. The van der Waals surface area contributed by atoms with Crippen LogP contribution in [0.2, 0.25) is 0 Å². The van der Waals surface area contributed by atoms with E-state index in [4.69, 9.17) is 19.7 Å². The van der Waals surface area contributed by atoms with E-state index in [0.717, 1.165) is 0 Å². The maximum atomic E-state index is 9.27. The van der Waals surface area contributed by atoms with Gasteiger partial charge in [0.15, 0.2) is 6.29 Å². The van der Waals surface area contributed by atoms with E-state index < -0.39 is 24.6 Å². The summed E-state index contributed by atoms with van der Waals surface area (Å²) in [6.07, 6.45) is -2.85. The third-order valence-electron chi connectivity index (χ3n) is 2.00. The van der Waals surface area contributed by atoms with Crippen molar-refractivity contribution in [3.63, 3.8) is 0 Å².